The highest BCUT2D eigenvalue weighted by Gasteiger charge is 2.08. The van der Waals surface area contributed by atoms with E-state index in [1.807, 2.05) is 49.5 Å². The first-order valence-corrected chi connectivity index (χ1v) is 10.2. The molecular weight excluding hydrogens is 404 g/mol. The van der Waals surface area contributed by atoms with Gasteiger partial charge in [0.25, 0.3) is 0 Å². The molecule has 1 N–H and O–H groups in total. The smallest absolute Gasteiger partial charge is 0.308 e. The first-order chi connectivity index (χ1) is 15.4. The van der Waals surface area contributed by atoms with E-state index >= 15 is 0 Å². The van der Waals surface area contributed by atoms with Crippen LogP contribution in [0.3, 0.4) is 0 Å². The van der Waals surface area contributed by atoms with Gasteiger partial charge in [0.2, 0.25) is 5.91 Å². The van der Waals surface area contributed by atoms with Crippen molar-refractivity contribution in [3.8, 4) is 11.5 Å². The molecule has 0 fully saturated rings. The summed E-state index contributed by atoms with van der Waals surface area (Å²) in [6.45, 7) is 2.08. The summed E-state index contributed by atoms with van der Waals surface area (Å²) in [5.74, 6) is 0.0342. The molecule has 3 aromatic carbocycles. The second-order valence-electron chi connectivity index (χ2n) is 7.22. The summed E-state index contributed by atoms with van der Waals surface area (Å²) < 4.78 is 10.3. The van der Waals surface area contributed by atoms with Crippen LogP contribution in [0.15, 0.2) is 78.9 Å². The van der Waals surface area contributed by atoms with E-state index in [1.54, 1.807) is 24.3 Å². The fraction of sp³-hybridized carbons (Fsp3) is 0.154. The highest BCUT2D eigenvalue weighted by Crippen LogP contribution is 2.28. The molecule has 0 heterocycles. The molecule has 0 spiro atoms. The van der Waals surface area contributed by atoms with E-state index in [0.29, 0.717) is 22.7 Å². The van der Waals surface area contributed by atoms with Crippen molar-refractivity contribution in [1.82, 2.24) is 0 Å². The number of carbonyl (C=O) groups excluding carboxylic acids is 2. The molecule has 3 rings (SSSR count). The van der Waals surface area contributed by atoms with Crippen molar-refractivity contribution >= 4 is 29.3 Å². The Hall–Kier alpha value is -4.06. The number of hydrogen-bond donors (Lipinski definition) is 1. The molecule has 0 saturated heterocycles. The van der Waals surface area contributed by atoms with Crippen molar-refractivity contribution < 1.29 is 19.1 Å². The maximum absolute atomic E-state index is 12.4. The van der Waals surface area contributed by atoms with Crippen molar-refractivity contribution in [3.05, 3.63) is 90.0 Å². The van der Waals surface area contributed by atoms with Crippen molar-refractivity contribution in [2.24, 2.45) is 0 Å². The van der Waals surface area contributed by atoms with Gasteiger partial charge in [-0.05, 0) is 47.5 Å². The number of hydrogen-bond acceptors (Lipinski definition) is 5. The molecule has 0 bridgehead atoms. The molecule has 0 aliphatic carbocycles. The Bertz CT molecular complexity index is 1110. The van der Waals surface area contributed by atoms with Crippen molar-refractivity contribution in [2.75, 3.05) is 24.4 Å². The van der Waals surface area contributed by atoms with E-state index < -0.39 is 5.97 Å². The summed E-state index contributed by atoms with van der Waals surface area (Å²) >= 11 is 0. The summed E-state index contributed by atoms with van der Waals surface area (Å²) in [4.78, 5) is 25.8. The normalized spacial score (nSPS) is 10.6. The molecule has 32 heavy (non-hydrogen) atoms. The summed E-state index contributed by atoms with van der Waals surface area (Å²) in [5, 5.41) is 2.88. The van der Waals surface area contributed by atoms with E-state index in [0.717, 1.165) is 12.2 Å². The minimum atomic E-state index is -0.445. The maximum atomic E-state index is 12.4. The number of esters is 1. The zero-order chi connectivity index (χ0) is 22.9. The molecule has 0 atom stereocenters. The van der Waals surface area contributed by atoms with Crippen LogP contribution in [0.25, 0.3) is 6.08 Å². The zero-order valence-corrected chi connectivity index (χ0v) is 18.4. The Labute approximate surface area is 188 Å². The molecule has 0 saturated carbocycles. The van der Waals surface area contributed by atoms with Gasteiger partial charge in [-0.3, -0.25) is 9.59 Å². The van der Waals surface area contributed by atoms with Crippen LogP contribution in [0.4, 0.5) is 11.4 Å². The number of rotatable bonds is 8. The van der Waals surface area contributed by atoms with Crippen LogP contribution in [0.2, 0.25) is 0 Å². The molecule has 0 aliphatic heterocycles. The van der Waals surface area contributed by atoms with Crippen LogP contribution in [-0.4, -0.2) is 26.0 Å². The van der Waals surface area contributed by atoms with Gasteiger partial charge in [0, 0.05) is 38.0 Å². The lowest BCUT2D eigenvalue weighted by Crippen LogP contribution is -2.16. The predicted octanol–water partition coefficient (Wildman–Crippen LogP) is 4.91. The minimum Gasteiger partial charge on any atom is -0.493 e. The average Bonchev–Trinajstić information content (AvgIpc) is 2.78. The maximum Gasteiger partial charge on any atom is 0.308 e. The van der Waals surface area contributed by atoms with Crippen LogP contribution >= 0.6 is 0 Å². The molecule has 6 heteroatoms. The number of methoxy groups -OCH3 is 1. The lowest BCUT2D eigenvalue weighted by Gasteiger charge is -2.20. The van der Waals surface area contributed by atoms with Gasteiger partial charge in [-0.25, -0.2) is 0 Å². The Balaban J connectivity index is 1.65. The first-order valence-electron chi connectivity index (χ1n) is 10.2. The monoisotopic (exact) mass is 430 g/mol. The number of nitrogens with one attached hydrogen (secondary N) is 1. The summed E-state index contributed by atoms with van der Waals surface area (Å²) in [6.07, 6.45) is 3.08. The molecule has 0 unspecified atom stereocenters. The predicted molar refractivity (Wildman–Crippen MR) is 127 cm³/mol. The van der Waals surface area contributed by atoms with E-state index in [1.165, 1.54) is 25.7 Å². The first kappa shape index (κ1) is 22.6. The van der Waals surface area contributed by atoms with Crippen LogP contribution in [0.5, 0.6) is 11.5 Å². The molecule has 1 amide bonds. The Morgan fingerprint density at radius 1 is 0.969 bits per heavy atom. The number of carbonyl (C=O) groups is 2. The topological polar surface area (TPSA) is 67.9 Å². The SMILES string of the molecule is COc1ccc(C=CC(=O)Nc2cccc(N(C)Cc3ccccc3)c2)cc1OC(C)=O. The third kappa shape index (κ3) is 6.47. The van der Waals surface area contributed by atoms with Crippen LogP contribution in [0, 0.1) is 0 Å². The average molecular weight is 431 g/mol. The summed E-state index contributed by atoms with van der Waals surface area (Å²) in [5.41, 5.74) is 3.61. The second kappa shape index (κ2) is 10.8. The Kier molecular flexibility index (Phi) is 7.65. The molecular formula is C26H26N2O4. The fourth-order valence-corrected chi connectivity index (χ4v) is 3.16. The van der Waals surface area contributed by atoms with Gasteiger partial charge in [-0.2, -0.15) is 0 Å². The Morgan fingerprint density at radius 2 is 1.75 bits per heavy atom. The zero-order valence-electron chi connectivity index (χ0n) is 18.4. The van der Waals surface area contributed by atoms with Gasteiger partial charge in [-0.1, -0.05) is 42.5 Å². The second-order valence-corrected chi connectivity index (χ2v) is 7.22. The van der Waals surface area contributed by atoms with Gasteiger partial charge < -0.3 is 19.7 Å². The van der Waals surface area contributed by atoms with Crippen LogP contribution in [0.1, 0.15) is 18.1 Å². The van der Waals surface area contributed by atoms with E-state index in [2.05, 4.69) is 22.3 Å². The molecule has 0 radical (unpaired) electrons. The van der Waals surface area contributed by atoms with Gasteiger partial charge in [0.1, 0.15) is 0 Å². The number of nitrogens with zero attached hydrogens (tertiary/aromatic N) is 1. The lowest BCUT2D eigenvalue weighted by atomic mass is 10.2. The molecule has 3 aromatic rings. The van der Waals surface area contributed by atoms with Crippen LogP contribution < -0.4 is 19.7 Å². The molecule has 0 aromatic heterocycles. The van der Waals surface area contributed by atoms with Gasteiger partial charge in [-0.15, -0.1) is 0 Å². The lowest BCUT2D eigenvalue weighted by molar-refractivity contribution is -0.132. The number of amides is 1. The van der Waals surface area contributed by atoms with Gasteiger partial charge >= 0.3 is 5.97 Å². The van der Waals surface area contributed by atoms with E-state index in [-0.39, 0.29) is 5.91 Å². The quantitative estimate of drug-likeness (QED) is 0.312. The molecule has 164 valence electrons. The Morgan fingerprint density at radius 3 is 2.47 bits per heavy atom. The third-order valence-corrected chi connectivity index (χ3v) is 4.69. The number of ether oxygens (including phenoxy) is 2. The van der Waals surface area contributed by atoms with Crippen molar-refractivity contribution in [2.45, 2.75) is 13.5 Å². The number of anilines is 2. The van der Waals surface area contributed by atoms with Gasteiger partial charge in [0.05, 0.1) is 7.11 Å². The molecule has 0 aliphatic rings. The van der Waals surface area contributed by atoms with Crippen molar-refractivity contribution in [3.63, 3.8) is 0 Å². The van der Waals surface area contributed by atoms with Gasteiger partial charge in [0.15, 0.2) is 11.5 Å². The molecule has 6 nitrogen and oxygen atoms in total. The minimum absolute atomic E-state index is 0.266. The standard InChI is InChI=1S/C26H26N2O4/c1-19(29)32-25-16-20(12-14-24(25)31-3)13-15-26(30)27-22-10-7-11-23(17-22)28(2)18-21-8-5-4-6-9-21/h4-17H,18H2,1-3H3,(H,27,30). The van der Waals surface area contributed by atoms with E-state index in [4.69, 9.17) is 9.47 Å². The highest BCUT2D eigenvalue weighted by atomic mass is 16.6. The van der Waals surface area contributed by atoms with Crippen molar-refractivity contribution in [1.29, 1.82) is 0 Å². The van der Waals surface area contributed by atoms with E-state index in [9.17, 15) is 9.59 Å². The largest absolute Gasteiger partial charge is 0.493 e. The third-order valence-electron chi connectivity index (χ3n) is 4.69. The summed E-state index contributed by atoms with van der Waals surface area (Å²) in [7, 11) is 3.51. The summed E-state index contributed by atoms with van der Waals surface area (Å²) in [6, 6.07) is 23.0. The highest BCUT2D eigenvalue weighted by molar-refractivity contribution is 6.02. The number of benzene rings is 3. The van der Waals surface area contributed by atoms with Crippen LogP contribution in [-0.2, 0) is 16.1 Å². The fourth-order valence-electron chi connectivity index (χ4n) is 3.16.